The highest BCUT2D eigenvalue weighted by Crippen LogP contribution is 2.50. The summed E-state index contributed by atoms with van der Waals surface area (Å²) in [5.74, 6) is 0.847. The van der Waals surface area contributed by atoms with Gasteiger partial charge in [-0.25, -0.2) is 0 Å². The minimum Gasteiger partial charge on any atom is -0.467 e. The lowest BCUT2D eigenvalue weighted by Gasteiger charge is -2.15. The highest BCUT2D eigenvalue weighted by molar-refractivity contribution is 6.13. The molecule has 5 aromatic rings. The predicted octanol–water partition coefficient (Wildman–Crippen LogP) is 6.78. The maximum absolute atomic E-state index is 6.10. The number of hydrogen-bond donors (Lipinski definition) is 0. The molecular weight excluding hydrogens is 382 g/mol. The molecule has 0 N–H and O–H groups in total. The van der Waals surface area contributed by atoms with Gasteiger partial charge in [0.1, 0.15) is 5.75 Å². The number of fused-ring (bicyclic) bond motifs is 6. The third-order valence-corrected chi connectivity index (χ3v) is 6.29. The molecule has 1 aromatic heterocycles. The molecule has 3 heteroatoms. The van der Waals surface area contributed by atoms with Crippen LogP contribution in [0.2, 0.25) is 0 Å². The zero-order chi connectivity index (χ0) is 20.9. The number of hydrogen-bond acceptors (Lipinski definition) is 2. The van der Waals surface area contributed by atoms with E-state index in [1.54, 1.807) is 7.11 Å². The Morgan fingerprint density at radius 3 is 2.52 bits per heavy atom. The largest absolute Gasteiger partial charge is 0.467 e. The second-order valence-corrected chi connectivity index (χ2v) is 8.20. The Morgan fingerprint density at radius 2 is 1.65 bits per heavy atom. The van der Waals surface area contributed by atoms with Gasteiger partial charge in [0.05, 0.1) is 5.69 Å². The molecule has 0 amide bonds. The lowest BCUT2D eigenvalue weighted by atomic mass is 9.92. The van der Waals surface area contributed by atoms with Crippen molar-refractivity contribution in [3.63, 3.8) is 0 Å². The molecular formula is C28H23NO2. The van der Waals surface area contributed by atoms with Crippen molar-refractivity contribution in [1.29, 1.82) is 0 Å². The molecule has 2 heterocycles. The number of aromatic nitrogens is 1. The highest BCUT2D eigenvalue weighted by Gasteiger charge is 2.29. The summed E-state index contributed by atoms with van der Waals surface area (Å²) in [5.41, 5.74) is 8.88. The zero-order valence-electron chi connectivity index (χ0n) is 17.7. The standard InChI is InChI=1S/C28H23NO2/c1-18-11-13-22-20(15-18)16-29-24-10-6-5-9-23(24)27(28(22)29)26-21-8-4-3-7-19(21)12-14-25(26)31-17-30-2/h3-15H,16-17H2,1-2H3. The van der Waals surface area contributed by atoms with E-state index in [1.807, 2.05) is 0 Å². The van der Waals surface area contributed by atoms with Crippen LogP contribution in [0, 0.1) is 6.92 Å². The van der Waals surface area contributed by atoms with Crippen molar-refractivity contribution < 1.29 is 9.47 Å². The maximum Gasteiger partial charge on any atom is 0.188 e. The van der Waals surface area contributed by atoms with Crippen LogP contribution in [-0.4, -0.2) is 18.5 Å². The van der Waals surface area contributed by atoms with Gasteiger partial charge in [-0.15, -0.1) is 0 Å². The molecule has 1 aliphatic rings. The zero-order valence-corrected chi connectivity index (χ0v) is 17.7. The molecule has 0 bridgehead atoms. The van der Waals surface area contributed by atoms with E-state index in [-0.39, 0.29) is 6.79 Å². The summed E-state index contributed by atoms with van der Waals surface area (Å²) < 4.78 is 13.8. The summed E-state index contributed by atoms with van der Waals surface area (Å²) in [6.07, 6.45) is 0. The molecule has 3 nitrogen and oxygen atoms in total. The first-order valence-corrected chi connectivity index (χ1v) is 10.6. The number of aryl methyl sites for hydroxylation is 1. The molecule has 0 aliphatic carbocycles. The molecule has 0 atom stereocenters. The minimum absolute atomic E-state index is 0.217. The van der Waals surface area contributed by atoms with E-state index in [4.69, 9.17) is 9.47 Å². The topological polar surface area (TPSA) is 23.4 Å². The minimum atomic E-state index is 0.217. The van der Waals surface area contributed by atoms with Gasteiger partial charge in [-0.1, -0.05) is 72.3 Å². The van der Waals surface area contributed by atoms with Gasteiger partial charge in [-0.05, 0) is 35.4 Å². The summed E-state index contributed by atoms with van der Waals surface area (Å²) in [5, 5.41) is 3.64. The van der Waals surface area contributed by atoms with Crippen LogP contribution in [0.3, 0.4) is 0 Å². The Morgan fingerprint density at radius 1 is 0.839 bits per heavy atom. The average molecular weight is 405 g/mol. The van der Waals surface area contributed by atoms with Crippen molar-refractivity contribution in [1.82, 2.24) is 4.57 Å². The Balaban J connectivity index is 1.76. The molecule has 0 fully saturated rings. The fraction of sp³-hybridized carbons (Fsp3) is 0.143. The highest BCUT2D eigenvalue weighted by atomic mass is 16.7. The number of para-hydroxylation sites is 1. The second-order valence-electron chi connectivity index (χ2n) is 8.20. The van der Waals surface area contributed by atoms with E-state index in [2.05, 4.69) is 90.4 Å². The van der Waals surface area contributed by atoms with Crippen molar-refractivity contribution in [2.45, 2.75) is 13.5 Å². The smallest absolute Gasteiger partial charge is 0.188 e. The molecule has 0 saturated heterocycles. The Labute approximate surface area is 181 Å². The third-order valence-electron chi connectivity index (χ3n) is 6.29. The van der Waals surface area contributed by atoms with Gasteiger partial charge < -0.3 is 14.0 Å². The van der Waals surface area contributed by atoms with Crippen LogP contribution in [0.5, 0.6) is 5.75 Å². The summed E-state index contributed by atoms with van der Waals surface area (Å²) in [6.45, 7) is 3.27. The number of benzene rings is 4. The first kappa shape index (κ1) is 18.2. The third kappa shape index (κ3) is 2.70. The second kappa shape index (κ2) is 7.00. The van der Waals surface area contributed by atoms with Gasteiger partial charge in [-0.3, -0.25) is 0 Å². The first-order chi connectivity index (χ1) is 15.3. The molecule has 0 spiro atoms. The van der Waals surface area contributed by atoms with Crippen molar-refractivity contribution in [2.75, 3.05) is 13.9 Å². The van der Waals surface area contributed by atoms with Crippen LogP contribution in [0.1, 0.15) is 11.1 Å². The molecule has 4 aromatic carbocycles. The van der Waals surface area contributed by atoms with Crippen molar-refractivity contribution in [2.24, 2.45) is 0 Å². The first-order valence-electron chi connectivity index (χ1n) is 10.6. The lowest BCUT2D eigenvalue weighted by molar-refractivity contribution is 0.0516. The number of rotatable bonds is 4. The number of ether oxygens (including phenoxy) is 2. The number of methoxy groups -OCH3 is 1. The van der Waals surface area contributed by atoms with Gasteiger partial charge in [0.15, 0.2) is 6.79 Å². The Hall–Kier alpha value is -3.56. The summed E-state index contributed by atoms with van der Waals surface area (Å²) in [4.78, 5) is 0. The summed E-state index contributed by atoms with van der Waals surface area (Å²) >= 11 is 0. The van der Waals surface area contributed by atoms with E-state index in [0.29, 0.717) is 0 Å². The Bertz CT molecular complexity index is 1460. The molecule has 1 aliphatic heterocycles. The van der Waals surface area contributed by atoms with Crippen LogP contribution in [-0.2, 0) is 11.3 Å². The molecule has 152 valence electrons. The lowest BCUT2D eigenvalue weighted by Crippen LogP contribution is -2.01. The van der Waals surface area contributed by atoms with Crippen molar-refractivity contribution >= 4 is 21.7 Å². The molecule has 0 radical (unpaired) electrons. The van der Waals surface area contributed by atoms with Gasteiger partial charge in [0.25, 0.3) is 0 Å². The van der Waals surface area contributed by atoms with Gasteiger partial charge in [0.2, 0.25) is 0 Å². The van der Waals surface area contributed by atoms with Crippen LogP contribution < -0.4 is 4.74 Å². The van der Waals surface area contributed by atoms with E-state index >= 15 is 0 Å². The van der Waals surface area contributed by atoms with E-state index in [1.165, 1.54) is 49.6 Å². The van der Waals surface area contributed by atoms with Gasteiger partial charge >= 0.3 is 0 Å². The quantitative estimate of drug-likeness (QED) is 0.302. The van der Waals surface area contributed by atoms with E-state index < -0.39 is 0 Å². The van der Waals surface area contributed by atoms with Crippen LogP contribution in [0.25, 0.3) is 44.1 Å². The fourth-order valence-electron chi connectivity index (χ4n) is 5.01. The predicted molar refractivity (Wildman–Crippen MR) is 127 cm³/mol. The van der Waals surface area contributed by atoms with E-state index in [0.717, 1.165) is 17.9 Å². The monoisotopic (exact) mass is 405 g/mol. The van der Waals surface area contributed by atoms with Crippen LogP contribution >= 0.6 is 0 Å². The molecule has 6 rings (SSSR count). The van der Waals surface area contributed by atoms with Crippen LogP contribution in [0.15, 0.2) is 78.9 Å². The molecule has 0 saturated carbocycles. The normalized spacial score (nSPS) is 12.3. The average Bonchev–Trinajstić information content (AvgIpc) is 3.31. The number of nitrogens with zero attached hydrogens (tertiary/aromatic N) is 1. The van der Waals surface area contributed by atoms with E-state index in [9.17, 15) is 0 Å². The van der Waals surface area contributed by atoms with Gasteiger partial charge in [-0.2, -0.15) is 0 Å². The molecule has 0 unspecified atom stereocenters. The summed E-state index contributed by atoms with van der Waals surface area (Å²) in [6, 6.07) is 28.2. The maximum atomic E-state index is 6.10. The molecule has 31 heavy (non-hydrogen) atoms. The Kier molecular flexibility index (Phi) is 4.12. The van der Waals surface area contributed by atoms with Crippen molar-refractivity contribution in [3.8, 4) is 28.1 Å². The fourth-order valence-corrected chi connectivity index (χ4v) is 5.01. The SMILES string of the molecule is COCOc1ccc2ccccc2c1-c1c2n(c3ccccc13)Cc1cc(C)ccc1-2. The van der Waals surface area contributed by atoms with Gasteiger partial charge in [0, 0.05) is 41.2 Å². The summed E-state index contributed by atoms with van der Waals surface area (Å²) in [7, 11) is 1.66. The van der Waals surface area contributed by atoms with Crippen molar-refractivity contribution in [3.05, 3.63) is 90.0 Å². The van der Waals surface area contributed by atoms with Crippen LogP contribution in [0.4, 0.5) is 0 Å².